The number of para-hydroxylation sites is 1. The molecule has 0 saturated heterocycles. The molecule has 0 spiro atoms. The van der Waals surface area contributed by atoms with Gasteiger partial charge in [-0.15, -0.1) is 0 Å². The van der Waals surface area contributed by atoms with Gasteiger partial charge in [0.2, 0.25) is 5.91 Å². The lowest BCUT2D eigenvalue weighted by atomic mass is 9.80. The van der Waals surface area contributed by atoms with Crippen molar-refractivity contribution in [1.29, 1.82) is 0 Å². The molecule has 0 atom stereocenters. The number of carbonyl (C=O) groups is 1. The van der Waals surface area contributed by atoms with Gasteiger partial charge in [0, 0.05) is 12.4 Å². The number of nitrogens with one attached hydrogen (secondary N) is 1. The fourth-order valence-corrected chi connectivity index (χ4v) is 1.04. The van der Waals surface area contributed by atoms with Gasteiger partial charge in [-0.1, -0.05) is 18.2 Å². The standard InChI is InChI=1S/C9H12BNO4/c1-7(12)11-6-15-9-5-3-2-4-8(9)10(13)14/h2-5,13-14H,6H2,1H3,(H,11,12). The van der Waals surface area contributed by atoms with Crippen molar-refractivity contribution in [3.05, 3.63) is 24.3 Å². The zero-order valence-corrected chi connectivity index (χ0v) is 8.30. The lowest BCUT2D eigenvalue weighted by Crippen LogP contribution is -2.33. The normalized spacial score (nSPS) is 9.53. The molecule has 1 amide bonds. The fourth-order valence-electron chi connectivity index (χ4n) is 1.04. The third-order valence-electron chi connectivity index (χ3n) is 1.75. The summed E-state index contributed by atoms with van der Waals surface area (Å²) in [6, 6.07) is 6.50. The van der Waals surface area contributed by atoms with Gasteiger partial charge >= 0.3 is 7.12 Å². The van der Waals surface area contributed by atoms with Gasteiger partial charge in [-0.2, -0.15) is 0 Å². The summed E-state index contributed by atoms with van der Waals surface area (Å²) in [5, 5.41) is 20.4. The molecule has 0 aliphatic heterocycles. The molecule has 0 fully saturated rings. The maximum Gasteiger partial charge on any atom is 0.492 e. The highest BCUT2D eigenvalue weighted by atomic mass is 16.5. The monoisotopic (exact) mass is 209 g/mol. The maximum atomic E-state index is 10.6. The van der Waals surface area contributed by atoms with Crippen LogP contribution < -0.4 is 15.5 Å². The number of hydrogen-bond acceptors (Lipinski definition) is 4. The molecule has 15 heavy (non-hydrogen) atoms. The summed E-state index contributed by atoms with van der Waals surface area (Å²) in [5.41, 5.74) is 0.267. The van der Waals surface area contributed by atoms with Crippen LogP contribution in [0.25, 0.3) is 0 Å². The number of rotatable bonds is 4. The van der Waals surface area contributed by atoms with Crippen LogP contribution in [0.15, 0.2) is 24.3 Å². The molecule has 0 aromatic heterocycles. The molecule has 0 aliphatic rings. The molecule has 1 rings (SSSR count). The Bertz CT molecular complexity index is 343. The lowest BCUT2D eigenvalue weighted by molar-refractivity contribution is -0.119. The second-order valence-corrected chi connectivity index (χ2v) is 2.93. The first-order valence-corrected chi connectivity index (χ1v) is 4.43. The van der Waals surface area contributed by atoms with Gasteiger partial charge in [0.1, 0.15) is 5.75 Å². The van der Waals surface area contributed by atoms with Crippen molar-refractivity contribution in [2.24, 2.45) is 0 Å². The summed E-state index contributed by atoms with van der Waals surface area (Å²) < 4.78 is 5.16. The zero-order valence-electron chi connectivity index (χ0n) is 8.30. The summed E-state index contributed by atoms with van der Waals surface area (Å²) in [5.74, 6) is 0.123. The summed E-state index contributed by atoms with van der Waals surface area (Å²) in [4.78, 5) is 10.6. The Morgan fingerprint density at radius 2 is 2.13 bits per heavy atom. The van der Waals surface area contributed by atoms with Crippen LogP contribution in [0, 0.1) is 0 Å². The van der Waals surface area contributed by atoms with E-state index in [0.717, 1.165) is 0 Å². The highest BCUT2D eigenvalue weighted by Crippen LogP contribution is 2.05. The Balaban J connectivity index is 2.63. The number of benzene rings is 1. The average Bonchev–Trinajstić information content (AvgIpc) is 2.17. The Hall–Kier alpha value is -1.53. The van der Waals surface area contributed by atoms with Crippen molar-refractivity contribution < 1.29 is 19.6 Å². The van der Waals surface area contributed by atoms with Crippen LogP contribution in [0.1, 0.15) is 6.92 Å². The van der Waals surface area contributed by atoms with Crippen LogP contribution in [0.5, 0.6) is 5.75 Å². The first-order valence-electron chi connectivity index (χ1n) is 4.43. The van der Waals surface area contributed by atoms with Gasteiger partial charge in [-0.3, -0.25) is 4.79 Å². The van der Waals surface area contributed by atoms with Crippen molar-refractivity contribution in [3.8, 4) is 5.75 Å². The van der Waals surface area contributed by atoms with Crippen molar-refractivity contribution in [2.45, 2.75) is 6.92 Å². The molecule has 0 radical (unpaired) electrons. The topological polar surface area (TPSA) is 78.8 Å². The highest BCUT2D eigenvalue weighted by Gasteiger charge is 2.15. The molecule has 1 aromatic rings. The third kappa shape index (κ3) is 3.61. The number of carbonyl (C=O) groups excluding carboxylic acids is 1. The molecule has 0 aliphatic carbocycles. The summed E-state index contributed by atoms with van der Waals surface area (Å²) in [7, 11) is -1.58. The number of amides is 1. The molecule has 3 N–H and O–H groups in total. The summed E-state index contributed by atoms with van der Waals surface area (Å²) in [6.07, 6.45) is 0. The van der Waals surface area contributed by atoms with Crippen molar-refractivity contribution in [2.75, 3.05) is 6.73 Å². The molecular formula is C9H12BNO4. The van der Waals surface area contributed by atoms with E-state index in [1.54, 1.807) is 18.2 Å². The molecular weight excluding hydrogens is 197 g/mol. The van der Waals surface area contributed by atoms with E-state index < -0.39 is 7.12 Å². The number of hydrogen-bond donors (Lipinski definition) is 3. The van der Waals surface area contributed by atoms with Gasteiger partial charge in [0.15, 0.2) is 6.73 Å². The zero-order chi connectivity index (χ0) is 11.3. The van der Waals surface area contributed by atoms with Gasteiger partial charge < -0.3 is 20.1 Å². The first-order chi connectivity index (χ1) is 7.11. The fraction of sp³-hybridized carbons (Fsp3) is 0.222. The van der Waals surface area contributed by atoms with Gasteiger partial charge in [0.05, 0.1) is 0 Å². The van der Waals surface area contributed by atoms with E-state index in [1.165, 1.54) is 13.0 Å². The van der Waals surface area contributed by atoms with Crippen LogP contribution in [-0.4, -0.2) is 29.8 Å². The van der Waals surface area contributed by atoms with Crippen molar-refractivity contribution in [3.63, 3.8) is 0 Å². The van der Waals surface area contributed by atoms with Crippen LogP contribution in [-0.2, 0) is 4.79 Å². The molecule has 5 nitrogen and oxygen atoms in total. The molecule has 1 aromatic carbocycles. The van der Waals surface area contributed by atoms with E-state index in [4.69, 9.17) is 14.8 Å². The number of ether oxygens (including phenoxy) is 1. The molecule has 0 saturated carbocycles. The highest BCUT2D eigenvalue weighted by molar-refractivity contribution is 6.59. The minimum absolute atomic E-state index is 0.000926. The summed E-state index contributed by atoms with van der Waals surface area (Å²) >= 11 is 0. The second kappa shape index (κ2) is 5.38. The van der Waals surface area contributed by atoms with Gasteiger partial charge in [-0.05, 0) is 6.07 Å². The van der Waals surface area contributed by atoms with E-state index >= 15 is 0 Å². The SMILES string of the molecule is CC(=O)NCOc1ccccc1B(O)O. The minimum atomic E-state index is -1.58. The molecule has 6 heteroatoms. The van der Waals surface area contributed by atoms with Crippen LogP contribution in [0.3, 0.4) is 0 Å². The van der Waals surface area contributed by atoms with E-state index in [1.807, 2.05) is 0 Å². The van der Waals surface area contributed by atoms with E-state index in [0.29, 0.717) is 5.75 Å². The average molecular weight is 209 g/mol. The van der Waals surface area contributed by atoms with Crippen LogP contribution in [0.4, 0.5) is 0 Å². The first kappa shape index (κ1) is 11.5. The van der Waals surface area contributed by atoms with E-state index in [-0.39, 0.29) is 18.1 Å². The smallest absolute Gasteiger partial charge is 0.474 e. The predicted molar refractivity (Wildman–Crippen MR) is 55.6 cm³/mol. The molecule has 0 unspecified atom stereocenters. The predicted octanol–water partition coefficient (Wildman–Crippen LogP) is -1.16. The summed E-state index contributed by atoms with van der Waals surface area (Å²) in [6.45, 7) is 1.37. The van der Waals surface area contributed by atoms with Crippen LogP contribution >= 0.6 is 0 Å². The van der Waals surface area contributed by atoms with Gasteiger partial charge in [0.25, 0.3) is 0 Å². The quantitative estimate of drug-likeness (QED) is 0.431. The Kier molecular flexibility index (Phi) is 4.14. The lowest BCUT2D eigenvalue weighted by Gasteiger charge is -2.10. The molecule has 0 heterocycles. The van der Waals surface area contributed by atoms with Crippen molar-refractivity contribution in [1.82, 2.24) is 5.32 Å². The second-order valence-electron chi connectivity index (χ2n) is 2.93. The minimum Gasteiger partial charge on any atom is -0.474 e. The Morgan fingerprint density at radius 1 is 1.47 bits per heavy atom. The Morgan fingerprint density at radius 3 is 2.73 bits per heavy atom. The third-order valence-corrected chi connectivity index (χ3v) is 1.75. The van der Waals surface area contributed by atoms with Gasteiger partial charge in [-0.25, -0.2) is 0 Å². The molecule has 80 valence electrons. The maximum absolute atomic E-state index is 10.6. The van der Waals surface area contributed by atoms with E-state index in [2.05, 4.69) is 5.32 Å². The largest absolute Gasteiger partial charge is 0.492 e. The van der Waals surface area contributed by atoms with Crippen molar-refractivity contribution >= 4 is 18.5 Å². The Labute approximate surface area is 87.8 Å². The van der Waals surface area contributed by atoms with E-state index in [9.17, 15) is 4.79 Å². The molecule has 0 bridgehead atoms. The van der Waals surface area contributed by atoms with Crippen LogP contribution in [0.2, 0.25) is 0 Å².